The number of nitriles is 1. The van der Waals surface area contributed by atoms with E-state index in [1.807, 2.05) is 18.2 Å². The number of piperidine rings is 1. The molecule has 1 fully saturated rings. The smallest absolute Gasteiger partial charge is 0.251 e. The van der Waals surface area contributed by atoms with Crippen molar-refractivity contribution in [3.8, 4) is 6.07 Å². The third-order valence-corrected chi connectivity index (χ3v) is 6.48. The Morgan fingerprint density at radius 3 is 2.88 bits per heavy atom. The fourth-order valence-electron chi connectivity index (χ4n) is 5.04. The number of anilines is 1. The lowest BCUT2D eigenvalue weighted by Gasteiger charge is -2.47. The van der Waals surface area contributed by atoms with Crippen LogP contribution in [0.3, 0.4) is 0 Å². The Hall–Kier alpha value is -3.86. The average molecular weight is 429 g/mol. The SMILES string of the molecule is CN(Cc1ccoc1)C(=O)[C@H]1[C@@H]2C[C@@H](CN(c3ccc(C#N)cn3)C2)c2cccc(=O)n21. The number of amides is 1. The Kier molecular flexibility index (Phi) is 5.02. The quantitative estimate of drug-likeness (QED) is 0.633. The van der Waals surface area contributed by atoms with Gasteiger partial charge < -0.3 is 14.2 Å². The minimum absolute atomic E-state index is 0.0295. The van der Waals surface area contributed by atoms with Crippen LogP contribution in [0.5, 0.6) is 0 Å². The zero-order valence-electron chi connectivity index (χ0n) is 17.7. The van der Waals surface area contributed by atoms with E-state index in [-0.39, 0.29) is 23.3 Å². The summed E-state index contributed by atoms with van der Waals surface area (Å²) in [5, 5.41) is 9.06. The summed E-state index contributed by atoms with van der Waals surface area (Å²) in [7, 11) is 1.76. The summed E-state index contributed by atoms with van der Waals surface area (Å²) in [6.07, 6.45) is 5.62. The lowest BCUT2D eigenvalue weighted by Crippen LogP contribution is -2.53. The molecule has 0 aliphatic carbocycles. The summed E-state index contributed by atoms with van der Waals surface area (Å²) in [6, 6.07) is 12.2. The minimum atomic E-state index is -0.576. The number of likely N-dealkylation sites (N-methyl/N-ethyl adjacent to an activating group) is 1. The molecule has 0 radical (unpaired) electrons. The van der Waals surface area contributed by atoms with Gasteiger partial charge in [0.15, 0.2) is 0 Å². The molecule has 5 rings (SSSR count). The molecule has 2 bridgehead atoms. The van der Waals surface area contributed by atoms with Crippen LogP contribution < -0.4 is 10.5 Å². The summed E-state index contributed by atoms with van der Waals surface area (Å²) in [6.45, 7) is 1.75. The van der Waals surface area contributed by atoms with Crippen molar-refractivity contribution >= 4 is 11.7 Å². The molecule has 3 aromatic heterocycles. The van der Waals surface area contributed by atoms with Gasteiger partial charge in [-0.2, -0.15) is 5.26 Å². The molecule has 8 heteroatoms. The van der Waals surface area contributed by atoms with Crippen molar-refractivity contribution in [3.05, 3.63) is 82.3 Å². The van der Waals surface area contributed by atoms with E-state index in [1.54, 1.807) is 47.4 Å². The highest BCUT2D eigenvalue weighted by atomic mass is 16.3. The number of pyridine rings is 2. The fourth-order valence-corrected chi connectivity index (χ4v) is 5.04. The number of hydrogen-bond acceptors (Lipinski definition) is 6. The first-order valence-electron chi connectivity index (χ1n) is 10.6. The Morgan fingerprint density at radius 1 is 1.28 bits per heavy atom. The predicted molar refractivity (Wildman–Crippen MR) is 117 cm³/mol. The van der Waals surface area contributed by atoms with Crippen LogP contribution in [0.1, 0.15) is 35.2 Å². The highest BCUT2D eigenvalue weighted by molar-refractivity contribution is 5.81. The topological polar surface area (TPSA) is 95.4 Å². The van der Waals surface area contributed by atoms with Crippen molar-refractivity contribution in [2.24, 2.45) is 5.92 Å². The first-order chi connectivity index (χ1) is 15.5. The number of furan rings is 1. The van der Waals surface area contributed by atoms with Gasteiger partial charge >= 0.3 is 0 Å². The summed E-state index contributed by atoms with van der Waals surface area (Å²) in [4.78, 5) is 34.8. The van der Waals surface area contributed by atoms with Crippen LogP contribution in [0.15, 0.2) is 64.3 Å². The molecule has 1 saturated heterocycles. The molecule has 0 unspecified atom stereocenters. The third kappa shape index (κ3) is 3.46. The number of hydrogen-bond donors (Lipinski definition) is 0. The van der Waals surface area contributed by atoms with E-state index in [1.165, 1.54) is 6.07 Å². The predicted octanol–water partition coefficient (Wildman–Crippen LogP) is 2.53. The van der Waals surface area contributed by atoms with E-state index in [2.05, 4.69) is 16.0 Å². The normalized spacial score (nSPS) is 21.5. The van der Waals surface area contributed by atoms with Gasteiger partial charge in [0, 0.05) is 62.0 Å². The summed E-state index contributed by atoms with van der Waals surface area (Å²) < 4.78 is 6.84. The zero-order valence-corrected chi connectivity index (χ0v) is 17.7. The largest absolute Gasteiger partial charge is 0.472 e. The van der Waals surface area contributed by atoms with E-state index in [0.29, 0.717) is 25.2 Å². The molecule has 32 heavy (non-hydrogen) atoms. The van der Waals surface area contributed by atoms with Crippen LogP contribution >= 0.6 is 0 Å². The molecule has 162 valence electrons. The highest BCUT2D eigenvalue weighted by Gasteiger charge is 2.44. The standard InChI is InChI=1S/C24H23N5O3/c1-27(12-17-7-8-32-15-17)24(31)23-19-9-18(20-3-2-4-22(30)29(20)23)13-28(14-19)21-6-5-16(10-25)11-26-21/h2-8,11,15,18-19,23H,9,12-14H2,1H3/t18-,19+,23+/m0/s1. The summed E-state index contributed by atoms with van der Waals surface area (Å²) in [5.74, 6) is 0.795. The maximum atomic E-state index is 13.6. The van der Waals surface area contributed by atoms with Crippen molar-refractivity contribution < 1.29 is 9.21 Å². The molecule has 3 atom stereocenters. The summed E-state index contributed by atoms with van der Waals surface area (Å²) in [5.41, 5.74) is 2.17. The molecule has 8 nitrogen and oxygen atoms in total. The van der Waals surface area contributed by atoms with E-state index < -0.39 is 6.04 Å². The van der Waals surface area contributed by atoms with Gasteiger partial charge in [-0.1, -0.05) is 6.07 Å². The third-order valence-electron chi connectivity index (χ3n) is 6.48. The Labute approximate surface area is 185 Å². The van der Waals surface area contributed by atoms with Crippen molar-refractivity contribution in [1.29, 1.82) is 5.26 Å². The van der Waals surface area contributed by atoms with E-state index in [9.17, 15) is 9.59 Å². The van der Waals surface area contributed by atoms with Crippen LogP contribution in [0, 0.1) is 17.2 Å². The van der Waals surface area contributed by atoms with Gasteiger partial charge in [-0.25, -0.2) is 4.98 Å². The average Bonchev–Trinajstić information content (AvgIpc) is 3.32. The molecule has 5 heterocycles. The minimum Gasteiger partial charge on any atom is -0.472 e. The number of carbonyl (C=O) groups excluding carboxylic acids is 1. The van der Waals surface area contributed by atoms with Gasteiger partial charge in [-0.3, -0.25) is 14.2 Å². The van der Waals surface area contributed by atoms with Crippen molar-refractivity contribution in [2.45, 2.75) is 24.9 Å². The first-order valence-corrected chi connectivity index (χ1v) is 10.6. The lowest BCUT2D eigenvalue weighted by atomic mass is 9.78. The Morgan fingerprint density at radius 2 is 2.16 bits per heavy atom. The molecule has 0 N–H and O–H groups in total. The maximum absolute atomic E-state index is 13.6. The Bertz CT molecular complexity index is 1230. The zero-order chi connectivity index (χ0) is 22.2. The second kappa shape index (κ2) is 8.00. The monoisotopic (exact) mass is 429 g/mol. The number of nitrogens with zero attached hydrogens (tertiary/aromatic N) is 5. The fraction of sp³-hybridized carbons (Fsp3) is 0.333. The molecule has 2 aliphatic rings. The number of rotatable bonds is 4. The van der Waals surface area contributed by atoms with Crippen molar-refractivity contribution in [2.75, 3.05) is 25.0 Å². The Balaban J connectivity index is 1.50. The van der Waals surface area contributed by atoms with Gasteiger partial charge in [0.05, 0.1) is 18.1 Å². The lowest BCUT2D eigenvalue weighted by molar-refractivity contribution is -0.136. The van der Waals surface area contributed by atoms with E-state index >= 15 is 0 Å². The summed E-state index contributed by atoms with van der Waals surface area (Å²) >= 11 is 0. The van der Waals surface area contributed by atoms with Crippen LogP contribution in [0.4, 0.5) is 5.82 Å². The van der Waals surface area contributed by atoms with E-state index in [4.69, 9.17) is 9.68 Å². The van der Waals surface area contributed by atoms with Crippen LogP contribution in [-0.4, -0.2) is 40.5 Å². The van der Waals surface area contributed by atoms with Gasteiger partial charge in [0.2, 0.25) is 5.91 Å². The second-order valence-electron chi connectivity index (χ2n) is 8.54. The second-order valence-corrected chi connectivity index (χ2v) is 8.54. The molecule has 0 saturated carbocycles. The van der Waals surface area contributed by atoms with Crippen LogP contribution in [-0.2, 0) is 11.3 Å². The van der Waals surface area contributed by atoms with Crippen LogP contribution in [0.2, 0.25) is 0 Å². The number of carbonyl (C=O) groups is 1. The number of aromatic nitrogens is 2. The molecule has 1 amide bonds. The van der Waals surface area contributed by atoms with Gasteiger partial charge in [0.1, 0.15) is 17.9 Å². The maximum Gasteiger partial charge on any atom is 0.251 e. The van der Waals surface area contributed by atoms with Crippen molar-refractivity contribution in [3.63, 3.8) is 0 Å². The van der Waals surface area contributed by atoms with Crippen LogP contribution in [0.25, 0.3) is 0 Å². The van der Waals surface area contributed by atoms with E-state index in [0.717, 1.165) is 23.5 Å². The van der Waals surface area contributed by atoms with Crippen molar-refractivity contribution in [1.82, 2.24) is 14.5 Å². The number of fused-ring (bicyclic) bond motifs is 4. The molecule has 0 aromatic carbocycles. The highest BCUT2D eigenvalue weighted by Crippen LogP contribution is 2.42. The molecule has 2 aliphatic heterocycles. The first kappa shape index (κ1) is 20.1. The molecular weight excluding hydrogens is 406 g/mol. The molecular formula is C24H23N5O3. The van der Waals surface area contributed by atoms with Gasteiger partial charge in [0.25, 0.3) is 5.56 Å². The van der Waals surface area contributed by atoms with Gasteiger partial charge in [-0.15, -0.1) is 0 Å². The molecule has 3 aromatic rings. The molecule has 0 spiro atoms. The van der Waals surface area contributed by atoms with Gasteiger partial charge in [-0.05, 0) is 30.7 Å².